The molecule has 1 saturated carbocycles. The third-order valence-electron chi connectivity index (χ3n) is 4.60. The summed E-state index contributed by atoms with van der Waals surface area (Å²) < 4.78 is 2.01. The molecular formula is C17H20ClN3O. The second-order valence-electron chi connectivity index (χ2n) is 6.20. The molecule has 0 spiro atoms. The number of carbonyl (C=O) groups is 1. The van der Waals surface area contributed by atoms with Crippen LogP contribution < -0.4 is 5.32 Å². The zero-order valence-corrected chi connectivity index (χ0v) is 13.4. The third kappa shape index (κ3) is 3.02. The van der Waals surface area contributed by atoms with E-state index in [0.29, 0.717) is 11.6 Å². The Kier molecular flexibility index (Phi) is 4.21. The number of amides is 1. The van der Waals surface area contributed by atoms with E-state index in [1.807, 2.05) is 42.0 Å². The highest BCUT2D eigenvalue weighted by Gasteiger charge is 2.39. The van der Waals surface area contributed by atoms with Crippen LogP contribution in [0.3, 0.4) is 0 Å². The summed E-state index contributed by atoms with van der Waals surface area (Å²) in [4.78, 5) is 16.5. The Hall–Kier alpha value is -1.81. The van der Waals surface area contributed by atoms with Crippen LogP contribution in [-0.4, -0.2) is 22.0 Å². The van der Waals surface area contributed by atoms with Crippen LogP contribution in [0.5, 0.6) is 0 Å². The number of imidazole rings is 1. The Labute approximate surface area is 135 Å². The molecule has 1 fully saturated rings. The van der Waals surface area contributed by atoms with Crippen LogP contribution in [0, 0.1) is 5.41 Å². The zero-order chi connectivity index (χ0) is 15.6. The van der Waals surface area contributed by atoms with Gasteiger partial charge in [-0.15, -0.1) is 0 Å². The predicted octanol–water partition coefficient (Wildman–Crippen LogP) is 3.43. The van der Waals surface area contributed by atoms with Crippen molar-refractivity contribution in [3.8, 4) is 0 Å². The standard InChI is InChI=1S/C17H20ClN3O/c1-17(7-2-8-17)16(22)20-11-15(21-10-9-19-12-21)13-3-5-14(18)6-4-13/h3-6,9-10,12,15H,2,7-8,11H2,1H3,(H,20,22). The first-order chi connectivity index (χ1) is 10.6. The lowest BCUT2D eigenvalue weighted by Gasteiger charge is -2.37. The van der Waals surface area contributed by atoms with Gasteiger partial charge in [0.2, 0.25) is 5.91 Å². The summed E-state index contributed by atoms with van der Waals surface area (Å²) in [5, 5.41) is 3.81. The highest BCUT2D eigenvalue weighted by Crippen LogP contribution is 2.40. The van der Waals surface area contributed by atoms with Gasteiger partial charge in [-0.2, -0.15) is 0 Å². The average molecular weight is 318 g/mol. The number of nitrogens with one attached hydrogen (secondary N) is 1. The molecule has 1 aromatic heterocycles. The molecule has 22 heavy (non-hydrogen) atoms. The van der Waals surface area contributed by atoms with E-state index >= 15 is 0 Å². The molecule has 3 rings (SSSR count). The Morgan fingerprint density at radius 1 is 1.41 bits per heavy atom. The number of nitrogens with zero attached hydrogens (tertiary/aromatic N) is 2. The van der Waals surface area contributed by atoms with Crippen molar-refractivity contribution in [2.75, 3.05) is 6.54 Å². The molecule has 0 bridgehead atoms. The number of carbonyl (C=O) groups excluding carboxylic acids is 1. The zero-order valence-electron chi connectivity index (χ0n) is 12.6. The van der Waals surface area contributed by atoms with Crippen molar-refractivity contribution in [2.24, 2.45) is 5.41 Å². The number of hydrogen-bond donors (Lipinski definition) is 1. The maximum atomic E-state index is 12.3. The first-order valence-corrected chi connectivity index (χ1v) is 7.97. The highest BCUT2D eigenvalue weighted by atomic mass is 35.5. The fourth-order valence-electron chi connectivity index (χ4n) is 2.87. The Balaban J connectivity index is 1.75. The molecule has 4 nitrogen and oxygen atoms in total. The van der Waals surface area contributed by atoms with Gasteiger partial charge in [0.25, 0.3) is 0 Å². The smallest absolute Gasteiger partial charge is 0.226 e. The topological polar surface area (TPSA) is 46.9 Å². The lowest BCUT2D eigenvalue weighted by molar-refractivity contribution is -0.134. The van der Waals surface area contributed by atoms with Gasteiger partial charge in [0.05, 0.1) is 12.4 Å². The normalized spacial score (nSPS) is 17.5. The maximum Gasteiger partial charge on any atom is 0.226 e. The van der Waals surface area contributed by atoms with Crippen molar-refractivity contribution in [2.45, 2.75) is 32.2 Å². The van der Waals surface area contributed by atoms with E-state index < -0.39 is 0 Å². The number of rotatable bonds is 5. The number of halogens is 1. The molecule has 1 N–H and O–H groups in total. The van der Waals surface area contributed by atoms with Gasteiger partial charge >= 0.3 is 0 Å². The second kappa shape index (κ2) is 6.13. The Morgan fingerprint density at radius 3 is 2.68 bits per heavy atom. The number of benzene rings is 1. The van der Waals surface area contributed by atoms with Crippen LogP contribution in [0.15, 0.2) is 43.0 Å². The highest BCUT2D eigenvalue weighted by molar-refractivity contribution is 6.30. The van der Waals surface area contributed by atoms with Crippen LogP contribution in [0.25, 0.3) is 0 Å². The van der Waals surface area contributed by atoms with Crippen LogP contribution in [0.1, 0.15) is 37.8 Å². The molecule has 1 unspecified atom stereocenters. The number of aromatic nitrogens is 2. The lowest BCUT2D eigenvalue weighted by Crippen LogP contribution is -2.45. The molecule has 0 saturated heterocycles. The van der Waals surface area contributed by atoms with Crippen LogP contribution in [0.4, 0.5) is 0 Å². The van der Waals surface area contributed by atoms with E-state index in [2.05, 4.69) is 10.3 Å². The molecule has 1 aliphatic rings. The summed E-state index contributed by atoms with van der Waals surface area (Å²) in [6.45, 7) is 2.59. The minimum Gasteiger partial charge on any atom is -0.353 e. The van der Waals surface area contributed by atoms with Gasteiger partial charge in [-0.3, -0.25) is 4.79 Å². The monoisotopic (exact) mass is 317 g/mol. The van der Waals surface area contributed by atoms with Crippen LogP contribution in [-0.2, 0) is 4.79 Å². The van der Waals surface area contributed by atoms with Gasteiger partial charge < -0.3 is 9.88 Å². The molecule has 1 heterocycles. The summed E-state index contributed by atoms with van der Waals surface area (Å²) in [5.74, 6) is 0.151. The molecule has 1 aromatic carbocycles. The van der Waals surface area contributed by atoms with Gasteiger partial charge in [-0.05, 0) is 30.5 Å². The molecule has 5 heteroatoms. The molecule has 1 aliphatic carbocycles. The van der Waals surface area contributed by atoms with Gasteiger partial charge in [0.15, 0.2) is 0 Å². The van der Waals surface area contributed by atoms with E-state index in [0.717, 1.165) is 24.8 Å². The number of hydrogen-bond acceptors (Lipinski definition) is 2. The van der Waals surface area contributed by atoms with Crippen molar-refractivity contribution < 1.29 is 4.79 Å². The van der Waals surface area contributed by atoms with Gasteiger partial charge in [0, 0.05) is 29.4 Å². The summed E-state index contributed by atoms with van der Waals surface area (Å²) in [6, 6.07) is 7.74. The minimum absolute atomic E-state index is 0.0207. The summed E-state index contributed by atoms with van der Waals surface area (Å²) in [5.41, 5.74) is 0.918. The second-order valence-corrected chi connectivity index (χ2v) is 6.64. The van der Waals surface area contributed by atoms with Crippen molar-refractivity contribution >= 4 is 17.5 Å². The van der Waals surface area contributed by atoms with E-state index in [4.69, 9.17) is 11.6 Å². The Morgan fingerprint density at radius 2 is 2.14 bits per heavy atom. The van der Waals surface area contributed by atoms with E-state index in [1.165, 1.54) is 0 Å². The molecule has 0 aliphatic heterocycles. The predicted molar refractivity (Wildman–Crippen MR) is 86.8 cm³/mol. The van der Waals surface area contributed by atoms with Crippen molar-refractivity contribution in [3.05, 3.63) is 53.6 Å². The maximum absolute atomic E-state index is 12.3. The fourth-order valence-corrected chi connectivity index (χ4v) is 3.00. The lowest BCUT2D eigenvalue weighted by atomic mass is 9.70. The molecule has 0 radical (unpaired) electrons. The summed E-state index contributed by atoms with van der Waals surface area (Å²) >= 11 is 5.97. The molecule has 1 amide bonds. The van der Waals surface area contributed by atoms with E-state index in [1.54, 1.807) is 12.5 Å². The van der Waals surface area contributed by atoms with Crippen LogP contribution >= 0.6 is 11.6 Å². The van der Waals surface area contributed by atoms with Crippen molar-refractivity contribution in [1.82, 2.24) is 14.9 Å². The quantitative estimate of drug-likeness (QED) is 0.918. The van der Waals surface area contributed by atoms with Crippen LogP contribution in [0.2, 0.25) is 5.02 Å². The average Bonchev–Trinajstić information content (AvgIpc) is 3.00. The molecule has 1 atom stereocenters. The largest absolute Gasteiger partial charge is 0.353 e. The molecule has 116 valence electrons. The van der Waals surface area contributed by atoms with Gasteiger partial charge in [-0.25, -0.2) is 4.98 Å². The fraction of sp³-hybridized carbons (Fsp3) is 0.412. The summed E-state index contributed by atoms with van der Waals surface area (Å²) in [6.07, 6.45) is 8.54. The summed E-state index contributed by atoms with van der Waals surface area (Å²) in [7, 11) is 0. The van der Waals surface area contributed by atoms with Crippen molar-refractivity contribution in [3.63, 3.8) is 0 Å². The first kappa shape index (κ1) is 15.1. The SMILES string of the molecule is CC1(C(=O)NCC(c2ccc(Cl)cc2)n2ccnc2)CCC1. The Bertz CT molecular complexity index is 632. The van der Waals surface area contributed by atoms with Crippen molar-refractivity contribution in [1.29, 1.82) is 0 Å². The van der Waals surface area contributed by atoms with E-state index in [9.17, 15) is 4.79 Å². The van der Waals surface area contributed by atoms with Gasteiger partial charge in [0.1, 0.15) is 0 Å². The first-order valence-electron chi connectivity index (χ1n) is 7.60. The molecule has 2 aromatic rings. The van der Waals surface area contributed by atoms with E-state index in [-0.39, 0.29) is 17.4 Å². The van der Waals surface area contributed by atoms with Gasteiger partial charge in [-0.1, -0.05) is 37.1 Å². The third-order valence-corrected chi connectivity index (χ3v) is 4.85. The molecular weight excluding hydrogens is 298 g/mol. The minimum atomic E-state index is -0.181.